The molecule has 23 heavy (non-hydrogen) atoms. The Labute approximate surface area is 137 Å². The summed E-state index contributed by atoms with van der Waals surface area (Å²) < 4.78 is 0. The maximum atomic E-state index is 11.9. The second kappa shape index (κ2) is 7.53. The van der Waals surface area contributed by atoms with E-state index in [0.29, 0.717) is 10.6 Å². The molecule has 0 saturated heterocycles. The van der Waals surface area contributed by atoms with Crippen LogP contribution in [0.5, 0.6) is 0 Å². The predicted molar refractivity (Wildman–Crippen MR) is 83.3 cm³/mol. The number of Topliss-reactive ketones (excluding diaryl/α,β-unsaturated/α-hetero) is 1. The second-order valence-corrected chi connectivity index (χ2v) is 5.09. The van der Waals surface area contributed by atoms with Crippen LogP contribution in [0.3, 0.4) is 0 Å². The van der Waals surface area contributed by atoms with Crippen molar-refractivity contribution in [3.05, 3.63) is 70.2 Å². The van der Waals surface area contributed by atoms with E-state index in [0.717, 1.165) is 0 Å². The Balaban J connectivity index is 1.94. The van der Waals surface area contributed by atoms with Gasteiger partial charge in [0.05, 0.1) is 0 Å². The van der Waals surface area contributed by atoms with E-state index >= 15 is 0 Å². The molecule has 3 N–H and O–H groups in total. The average Bonchev–Trinajstić information content (AvgIpc) is 2.59. The smallest absolute Gasteiger partial charge is 0.292 e. The molecule has 0 aromatic heterocycles. The lowest BCUT2D eigenvalue weighted by Gasteiger charge is -2.06. The normalized spacial score (nSPS) is 10.0. The molecule has 0 aliphatic heterocycles. The topological polar surface area (TPSA) is 95.5 Å². The number of nitrogens with one attached hydrogen (secondary N) is 2. The fraction of sp³-hybridized carbons (Fsp3) is 0.0625. The molecular weight excluding hydrogens is 320 g/mol. The summed E-state index contributed by atoms with van der Waals surface area (Å²) in [5.74, 6) is -2.01. The highest BCUT2D eigenvalue weighted by atomic mass is 35.5. The minimum atomic E-state index is -0.732. The minimum absolute atomic E-state index is 0.138. The van der Waals surface area contributed by atoms with Gasteiger partial charge in [0.15, 0.2) is 0 Å². The van der Waals surface area contributed by atoms with Gasteiger partial charge in [-0.05, 0) is 42.0 Å². The van der Waals surface area contributed by atoms with Crippen molar-refractivity contribution in [2.75, 3.05) is 0 Å². The fourth-order valence-corrected chi connectivity index (χ4v) is 1.96. The van der Waals surface area contributed by atoms with Crippen LogP contribution in [-0.2, 0) is 11.3 Å². The van der Waals surface area contributed by atoms with Crippen LogP contribution in [0.1, 0.15) is 26.3 Å². The molecule has 0 saturated carbocycles. The second-order valence-electron chi connectivity index (χ2n) is 4.66. The van der Waals surface area contributed by atoms with E-state index in [4.69, 9.17) is 16.8 Å². The Morgan fingerprint density at radius 2 is 1.48 bits per heavy atom. The number of hydrogen-bond donors (Lipinski definition) is 3. The molecule has 0 bridgehead atoms. The van der Waals surface area contributed by atoms with E-state index < -0.39 is 17.6 Å². The zero-order chi connectivity index (χ0) is 16.8. The first kappa shape index (κ1) is 16.7. The van der Waals surface area contributed by atoms with Crippen LogP contribution >= 0.6 is 11.6 Å². The Hall–Kier alpha value is -2.70. The highest BCUT2D eigenvalue weighted by Crippen LogP contribution is 2.10. The van der Waals surface area contributed by atoms with Gasteiger partial charge in [-0.3, -0.25) is 19.6 Å². The Bertz CT molecular complexity index is 727. The first-order valence-corrected chi connectivity index (χ1v) is 7.00. The maximum Gasteiger partial charge on any atom is 0.292 e. The third kappa shape index (κ3) is 4.38. The van der Waals surface area contributed by atoms with Gasteiger partial charge in [0, 0.05) is 22.7 Å². The number of rotatable bonds is 5. The molecule has 0 unspecified atom stereocenters. The average molecular weight is 333 g/mol. The molecule has 0 aliphatic carbocycles. The molecule has 2 aromatic rings. The van der Waals surface area contributed by atoms with Crippen LogP contribution in [-0.4, -0.2) is 22.8 Å². The van der Waals surface area contributed by atoms with Crippen LogP contribution in [0, 0.1) is 0 Å². The molecule has 7 heteroatoms. The summed E-state index contributed by atoms with van der Waals surface area (Å²) in [6.45, 7) is 0.138. The number of benzene rings is 2. The van der Waals surface area contributed by atoms with Crippen LogP contribution < -0.4 is 10.8 Å². The molecule has 0 aliphatic rings. The van der Waals surface area contributed by atoms with Crippen molar-refractivity contribution in [2.24, 2.45) is 0 Å². The van der Waals surface area contributed by atoms with Gasteiger partial charge in [-0.15, -0.1) is 0 Å². The van der Waals surface area contributed by atoms with Crippen molar-refractivity contribution in [1.82, 2.24) is 10.8 Å². The molecule has 2 amide bonds. The maximum absolute atomic E-state index is 11.9. The van der Waals surface area contributed by atoms with Crippen molar-refractivity contribution in [3.8, 4) is 0 Å². The summed E-state index contributed by atoms with van der Waals surface area (Å²) in [5, 5.41) is 11.5. The van der Waals surface area contributed by atoms with Gasteiger partial charge < -0.3 is 5.32 Å². The van der Waals surface area contributed by atoms with Crippen LogP contribution in [0.25, 0.3) is 0 Å². The lowest BCUT2D eigenvalue weighted by atomic mass is 10.1. The van der Waals surface area contributed by atoms with E-state index in [9.17, 15) is 14.4 Å². The SMILES string of the molecule is O=C(NCc1ccc(C(=O)NO)cc1)C(=O)c1ccc(Cl)cc1. The summed E-state index contributed by atoms with van der Waals surface area (Å²) in [4.78, 5) is 34.9. The van der Waals surface area contributed by atoms with Gasteiger partial charge in [0.25, 0.3) is 11.8 Å². The van der Waals surface area contributed by atoms with Gasteiger partial charge in [0.1, 0.15) is 0 Å². The van der Waals surface area contributed by atoms with Crippen molar-refractivity contribution < 1.29 is 19.6 Å². The first-order valence-electron chi connectivity index (χ1n) is 6.62. The van der Waals surface area contributed by atoms with Crippen molar-refractivity contribution >= 4 is 29.2 Å². The molecule has 2 aromatic carbocycles. The standard InChI is InChI=1S/C16H13ClN2O4/c17-13-7-5-11(6-8-13)14(20)16(22)18-9-10-1-3-12(4-2-10)15(21)19-23/h1-8,23H,9H2,(H,18,22)(H,19,21). The molecule has 118 valence electrons. The monoisotopic (exact) mass is 332 g/mol. The van der Waals surface area contributed by atoms with Gasteiger partial charge in [-0.25, -0.2) is 5.48 Å². The zero-order valence-corrected chi connectivity index (χ0v) is 12.6. The largest absolute Gasteiger partial charge is 0.345 e. The zero-order valence-electron chi connectivity index (χ0n) is 11.9. The third-order valence-corrected chi connectivity index (χ3v) is 3.34. The molecule has 2 rings (SSSR count). The number of ketones is 1. The first-order chi connectivity index (χ1) is 11.0. The Morgan fingerprint density at radius 1 is 0.913 bits per heavy atom. The highest BCUT2D eigenvalue weighted by Gasteiger charge is 2.15. The van der Waals surface area contributed by atoms with E-state index in [2.05, 4.69) is 5.32 Å². The predicted octanol–water partition coefficient (Wildman–Crippen LogP) is 1.96. The van der Waals surface area contributed by atoms with Crippen LogP contribution in [0.4, 0.5) is 0 Å². The summed E-state index contributed by atoms with van der Waals surface area (Å²) in [7, 11) is 0. The van der Waals surface area contributed by atoms with Gasteiger partial charge in [0.2, 0.25) is 5.78 Å². The lowest BCUT2D eigenvalue weighted by Crippen LogP contribution is -2.30. The van der Waals surface area contributed by atoms with Crippen molar-refractivity contribution in [3.63, 3.8) is 0 Å². The number of hydrogen-bond acceptors (Lipinski definition) is 4. The van der Waals surface area contributed by atoms with Crippen LogP contribution in [0.2, 0.25) is 5.02 Å². The van der Waals surface area contributed by atoms with E-state index in [1.807, 2.05) is 0 Å². The number of carbonyl (C=O) groups is 3. The molecule has 0 radical (unpaired) electrons. The summed E-state index contributed by atoms with van der Waals surface area (Å²) in [5.41, 5.74) is 2.76. The minimum Gasteiger partial charge on any atom is -0.345 e. The van der Waals surface area contributed by atoms with E-state index in [1.165, 1.54) is 41.9 Å². The van der Waals surface area contributed by atoms with Gasteiger partial charge in [-0.1, -0.05) is 23.7 Å². The summed E-state index contributed by atoms with van der Waals surface area (Å²) in [6.07, 6.45) is 0. The van der Waals surface area contributed by atoms with E-state index in [-0.39, 0.29) is 17.7 Å². The molecule has 6 nitrogen and oxygen atoms in total. The summed E-state index contributed by atoms with van der Waals surface area (Å²) >= 11 is 5.73. The highest BCUT2D eigenvalue weighted by molar-refractivity contribution is 6.43. The Morgan fingerprint density at radius 3 is 2.04 bits per heavy atom. The number of amides is 2. The molecular formula is C16H13ClN2O4. The number of carbonyl (C=O) groups excluding carboxylic acids is 3. The van der Waals surface area contributed by atoms with Gasteiger partial charge >= 0.3 is 0 Å². The summed E-state index contributed by atoms with van der Waals surface area (Å²) in [6, 6.07) is 12.2. The quantitative estimate of drug-likeness (QED) is 0.337. The Kier molecular flexibility index (Phi) is 5.46. The molecule has 0 spiro atoms. The molecule has 0 heterocycles. The third-order valence-electron chi connectivity index (χ3n) is 3.08. The van der Waals surface area contributed by atoms with Gasteiger partial charge in [-0.2, -0.15) is 0 Å². The lowest BCUT2D eigenvalue weighted by molar-refractivity contribution is -0.117. The fourth-order valence-electron chi connectivity index (χ4n) is 1.83. The molecule has 0 atom stereocenters. The number of hydroxylamine groups is 1. The van der Waals surface area contributed by atoms with Crippen LogP contribution in [0.15, 0.2) is 48.5 Å². The molecule has 0 fully saturated rings. The van der Waals surface area contributed by atoms with E-state index in [1.54, 1.807) is 12.1 Å². The van der Waals surface area contributed by atoms with Crippen molar-refractivity contribution in [2.45, 2.75) is 6.54 Å². The van der Waals surface area contributed by atoms with Crippen molar-refractivity contribution in [1.29, 1.82) is 0 Å². The number of halogens is 1.